The zero-order valence-electron chi connectivity index (χ0n) is 15.2. The van der Waals surface area contributed by atoms with E-state index in [0.717, 1.165) is 51.1 Å². The van der Waals surface area contributed by atoms with Crippen molar-refractivity contribution < 1.29 is 9.53 Å². The Kier molecular flexibility index (Phi) is 6.05. The molecule has 0 atom stereocenters. The first kappa shape index (κ1) is 19.0. The molecule has 1 heterocycles. The van der Waals surface area contributed by atoms with Crippen LogP contribution in [0.4, 0.5) is 0 Å². The number of halogens is 1. The molecule has 1 amide bonds. The minimum Gasteiger partial charge on any atom is -0.496 e. The van der Waals surface area contributed by atoms with Gasteiger partial charge in [-0.15, -0.1) is 12.4 Å². The fourth-order valence-electron chi connectivity index (χ4n) is 3.83. The van der Waals surface area contributed by atoms with Gasteiger partial charge in [-0.25, -0.2) is 0 Å². The van der Waals surface area contributed by atoms with Crippen molar-refractivity contribution in [2.45, 2.75) is 38.3 Å². The lowest BCUT2D eigenvalue weighted by Gasteiger charge is -2.33. The van der Waals surface area contributed by atoms with Crippen LogP contribution in [-0.4, -0.2) is 37.0 Å². The maximum atomic E-state index is 12.2. The molecular weight excluding hydrogens is 348 g/mol. The molecule has 0 radical (unpaired) electrons. The lowest BCUT2D eigenvalue weighted by molar-refractivity contribution is -0.133. The second kappa shape index (κ2) is 8.28. The number of likely N-dealkylation sites (tertiary alicyclic amines) is 1. The Hall–Kier alpha value is -1.78. The minimum absolute atomic E-state index is 0. The smallest absolute Gasteiger partial charge is 0.225 e. The Bertz CT molecular complexity index is 768. The van der Waals surface area contributed by atoms with E-state index in [0.29, 0.717) is 17.9 Å². The van der Waals surface area contributed by atoms with Crippen LogP contribution < -0.4 is 10.1 Å². The highest BCUT2D eigenvalue weighted by molar-refractivity contribution is 5.87. The molecule has 0 spiro atoms. The van der Waals surface area contributed by atoms with Gasteiger partial charge in [0.1, 0.15) is 5.75 Å². The molecule has 1 aliphatic heterocycles. The molecule has 0 bridgehead atoms. The number of hydrogen-bond acceptors (Lipinski definition) is 3. The van der Waals surface area contributed by atoms with Gasteiger partial charge in [0.05, 0.1) is 7.11 Å². The van der Waals surface area contributed by atoms with Crippen LogP contribution in [0.2, 0.25) is 0 Å². The molecular formula is C21H27ClN2O2. The van der Waals surface area contributed by atoms with Crippen molar-refractivity contribution in [3.05, 3.63) is 42.0 Å². The van der Waals surface area contributed by atoms with Gasteiger partial charge in [0.2, 0.25) is 5.91 Å². The molecule has 2 aliphatic rings. The van der Waals surface area contributed by atoms with E-state index < -0.39 is 0 Å². The number of amides is 1. The molecule has 2 aromatic rings. The van der Waals surface area contributed by atoms with Crippen molar-refractivity contribution in [2.24, 2.45) is 5.92 Å². The van der Waals surface area contributed by atoms with E-state index in [4.69, 9.17) is 4.74 Å². The Morgan fingerprint density at radius 1 is 1.12 bits per heavy atom. The topological polar surface area (TPSA) is 41.6 Å². The van der Waals surface area contributed by atoms with Gasteiger partial charge in [-0.1, -0.05) is 30.3 Å². The molecule has 2 fully saturated rings. The van der Waals surface area contributed by atoms with Crippen molar-refractivity contribution in [1.29, 1.82) is 0 Å². The summed E-state index contributed by atoms with van der Waals surface area (Å²) in [5.41, 5.74) is 1.22. The van der Waals surface area contributed by atoms with Gasteiger partial charge < -0.3 is 15.0 Å². The van der Waals surface area contributed by atoms with Crippen molar-refractivity contribution in [1.82, 2.24) is 10.2 Å². The average molecular weight is 375 g/mol. The van der Waals surface area contributed by atoms with Crippen molar-refractivity contribution in [2.75, 3.05) is 20.2 Å². The molecule has 0 unspecified atom stereocenters. The van der Waals surface area contributed by atoms with Crippen LogP contribution in [0.5, 0.6) is 5.75 Å². The van der Waals surface area contributed by atoms with Crippen LogP contribution >= 0.6 is 12.4 Å². The number of nitrogens with one attached hydrogen (secondary N) is 1. The maximum absolute atomic E-state index is 12.2. The summed E-state index contributed by atoms with van der Waals surface area (Å²) < 4.78 is 5.58. The third-order valence-corrected chi connectivity index (χ3v) is 5.52. The maximum Gasteiger partial charge on any atom is 0.225 e. The third kappa shape index (κ3) is 3.97. The first-order valence-corrected chi connectivity index (χ1v) is 9.33. The van der Waals surface area contributed by atoms with Gasteiger partial charge in [-0.3, -0.25) is 4.79 Å². The van der Waals surface area contributed by atoms with Crippen molar-refractivity contribution in [3.63, 3.8) is 0 Å². The normalized spacial score (nSPS) is 17.8. The quantitative estimate of drug-likeness (QED) is 0.866. The Morgan fingerprint density at radius 2 is 1.85 bits per heavy atom. The van der Waals surface area contributed by atoms with Gasteiger partial charge in [0, 0.05) is 37.2 Å². The van der Waals surface area contributed by atoms with E-state index in [1.807, 2.05) is 0 Å². The summed E-state index contributed by atoms with van der Waals surface area (Å²) in [7, 11) is 1.73. The molecule has 1 saturated heterocycles. The van der Waals surface area contributed by atoms with E-state index in [9.17, 15) is 4.79 Å². The number of methoxy groups -OCH3 is 1. The molecule has 4 nitrogen and oxygen atoms in total. The summed E-state index contributed by atoms with van der Waals surface area (Å²) >= 11 is 0. The van der Waals surface area contributed by atoms with Crippen LogP contribution in [-0.2, 0) is 11.3 Å². The second-order valence-electron chi connectivity index (χ2n) is 7.22. The van der Waals surface area contributed by atoms with Gasteiger partial charge >= 0.3 is 0 Å². The number of nitrogens with zero attached hydrogens (tertiary/aromatic N) is 1. The predicted molar refractivity (Wildman–Crippen MR) is 107 cm³/mol. The number of carbonyl (C=O) groups is 1. The van der Waals surface area contributed by atoms with Gasteiger partial charge in [0.25, 0.3) is 0 Å². The summed E-state index contributed by atoms with van der Waals surface area (Å²) in [6.07, 6.45) is 4.26. The molecule has 4 rings (SSSR count). The standard InChI is InChI=1S/C21H26N2O2.ClH/c1-25-20-9-8-15-4-2-3-5-18(15)19(20)14-22-17-10-12-23(13-11-17)21(24)16-6-7-16;/h2-5,8-9,16-17,22H,6-7,10-14H2,1H3;1H. The first-order valence-electron chi connectivity index (χ1n) is 9.33. The summed E-state index contributed by atoms with van der Waals surface area (Å²) in [5.74, 6) is 1.66. The van der Waals surface area contributed by atoms with E-state index >= 15 is 0 Å². The van der Waals surface area contributed by atoms with Gasteiger partial charge in [-0.05, 0) is 42.5 Å². The second-order valence-corrected chi connectivity index (χ2v) is 7.22. The van der Waals surface area contributed by atoms with Crippen molar-refractivity contribution >= 4 is 29.1 Å². The Labute approximate surface area is 161 Å². The Morgan fingerprint density at radius 3 is 2.54 bits per heavy atom. The summed E-state index contributed by atoms with van der Waals surface area (Å²) in [5, 5.41) is 6.18. The van der Waals surface area contributed by atoms with E-state index in [2.05, 4.69) is 46.6 Å². The first-order chi connectivity index (χ1) is 12.3. The van der Waals surface area contributed by atoms with E-state index in [1.54, 1.807) is 7.11 Å². The molecule has 5 heteroatoms. The highest BCUT2D eigenvalue weighted by Gasteiger charge is 2.34. The monoisotopic (exact) mass is 374 g/mol. The average Bonchev–Trinajstić information content (AvgIpc) is 3.51. The summed E-state index contributed by atoms with van der Waals surface area (Å²) in [6, 6.07) is 13.1. The number of carbonyl (C=O) groups excluding carboxylic acids is 1. The number of ether oxygens (including phenoxy) is 1. The molecule has 1 saturated carbocycles. The van der Waals surface area contributed by atoms with Crippen LogP contribution in [0.3, 0.4) is 0 Å². The number of rotatable bonds is 5. The number of benzene rings is 2. The van der Waals surface area contributed by atoms with Crippen LogP contribution in [0, 0.1) is 5.92 Å². The molecule has 0 aromatic heterocycles. The molecule has 2 aromatic carbocycles. The zero-order valence-corrected chi connectivity index (χ0v) is 16.1. The number of fused-ring (bicyclic) bond motifs is 1. The highest BCUT2D eigenvalue weighted by Crippen LogP contribution is 2.32. The molecule has 1 N–H and O–H groups in total. The number of piperidine rings is 1. The fourth-order valence-corrected chi connectivity index (χ4v) is 3.83. The number of hydrogen-bond donors (Lipinski definition) is 1. The summed E-state index contributed by atoms with van der Waals surface area (Å²) in [6.45, 7) is 2.57. The van der Waals surface area contributed by atoms with Crippen LogP contribution in [0.15, 0.2) is 36.4 Å². The van der Waals surface area contributed by atoms with Crippen LogP contribution in [0.25, 0.3) is 10.8 Å². The lowest BCUT2D eigenvalue weighted by Crippen LogP contribution is -2.45. The highest BCUT2D eigenvalue weighted by atomic mass is 35.5. The largest absolute Gasteiger partial charge is 0.496 e. The zero-order chi connectivity index (χ0) is 17.2. The van der Waals surface area contributed by atoms with Gasteiger partial charge in [-0.2, -0.15) is 0 Å². The fraction of sp³-hybridized carbons (Fsp3) is 0.476. The Balaban J connectivity index is 0.00000196. The van der Waals surface area contributed by atoms with E-state index in [-0.39, 0.29) is 12.4 Å². The van der Waals surface area contributed by atoms with Crippen molar-refractivity contribution in [3.8, 4) is 5.75 Å². The predicted octanol–water partition coefficient (Wildman–Crippen LogP) is 3.76. The SMILES string of the molecule is COc1ccc2ccccc2c1CNC1CCN(C(=O)C2CC2)CC1.Cl. The van der Waals surface area contributed by atoms with Crippen LogP contribution in [0.1, 0.15) is 31.2 Å². The van der Waals surface area contributed by atoms with Gasteiger partial charge in [0.15, 0.2) is 0 Å². The molecule has 1 aliphatic carbocycles. The molecule has 140 valence electrons. The summed E-state index contributed by atoms with van der Waals surface area (Å²) in [4.78, 5) is 14.2. The van der Waals surface area contributed by atoms with E-state index in [1.165, 1.54) is 16.3 Å². The third-order valence-electron chi connectivity index (χ3n) is 5.52. The molecule has 26 heavy (non-hydrogen) atoms. The lowest BCUT2D eigenvalue weighted by atomic mass is 10.0. The minimum atomic E-state index is 0.